The summed E-state index contributed by atoms with van der Waals surface area (Å²) in [5.41, 5.74) is 0.963. The molecule has 8 nitrogen and oxygen atoms in total. The number of aliphatic hydroxyl groups excluding tert-OH is 1. The van der Waals surface area contributed by atoms with Crippen molar-refractivity contribution >= 4 is 17.7 Å². The van der Waals surface area contributed by atoms with Crippen molar-refractivity contribution in [2.75, 3.05) is 58.0 Å². The van der Waals surface area contributed by atoms with E-state index in [-0.39, 0.29) is 11.9 Å². The third-order valence-electron chi connectivity index (χ3n) is 4.39. The molecule has 1 saturated heterocycles. The SMILES string of the molecule is CCc1cc(N[C@@H]2CCN(CC(=O)N(C)C)C[C@H]2O)nc(N(C)C)n1. The fraction of sp³-hybridized carbons (Fsp3) is 0.706. The summed E-state index contributed by atoms with van der Waals surface area (Å²) in [5.74, 6) is 1.44. The monoisotopic (exact) mass is 350 g/mol. The van der Waals surface area contributed by atoms with E-state index in [9.17, 15) is 9.90 Å². The van der Waals surface area contributed by atoms with E-state index in [2.05, 4.69) is 22.2 Å². The van der Waals surface area contributed by atoms with Gasteiger partial charge in [0.15, 0.2) is 0 Å². The summed E-state index contributed by atoms with van der Waals surface area (Å²) in [4.78, 5) is 26.3. The van der Waals surface area contributed by atoms with Crippen molar-refractivity contribution in [2.45, 2.75) is 31.9 Å². The highest BCUT2D eigenvalue weighted by atomic mass is 16.3. The lowest BCUT2D eigenvalue weighted by molar-refractivity contribution is -0.130. The van der Waals surface area contributed by atoms with Gasteiger partial charge in [0.2, 0.25) is 11.9 Å². The van der Waals surface area contributed by atoms with E-state index >= 15 is 0 Å². The molecule has 1 aliphatic heterocycles. The summed E-state index contributed by atoms with van der Waals surface area (Å²) < 4.78 is 0. The molecule has 0 spiro atoms. The highest BCUT2D eigenvalue weighted by Crippen LogP contribution is 2.18. The van der Waals surface area contributed by atoms with Crippen molar-refractivity contribution < 1.29 is 9.90 Å². The van der Waals surface area contributed by atoms with E-state index in [0.717, 1.165) is 30.9 Å². The average molecular weight is 350 g/mol. The molecule has 1 aromatic heterocycles. The Morgan fingerprint density at radius 3 is 2.64 bits per heavy atom. The van der Waals surface area contributed by atoms with Crippen LogP contribution in [0.5, 0.6) is 0 Å². The van der Waals surface area contributed by atoms with Gasteiger partial charge in [-0.1, -0.05) is 6.92 Å². The molecule has 25 heavy (non-hydrogen) atoms. The quantitative estimate of drug-likeness (QED) is 0.749. The molecular weight excluding hydrogens is 320 g/mol. The number of rotatable bonds is 6. The van der Waals surface area contributed by atoms with Crippen molar-refractivity contribution in [2.24, 2.45) is 0 Å². The zero-order chi connectivity index (χ0) is 18.6. The van der Waals surface area contributed by atoms with Crippen LogP contribution in [-0.2, 0) is 11.2 Å². The Morgan fingerprint density at radius 2 is 2.08 bits per heavy atom. The first-order valence-corrected chi connectivity index (χ1v) is 8.72. The van der Waals surface area contributed by atoms with Gasteiger partial charge in [0.05, 0.1) is 18.7 Å². The summed E-state index contributed by atoms with van der Waals surface area (Å²) in [6, 6.07) is 1.85. The summed E-state index contributed by atoms with van der Waals surface area (Å²) in [7, 11) is 7.31. The van der Waals surface area contributed by atoms with Crippen LogP contribution in [0.15, 0.2) is 6.07 Å². The molecule has 0 bridgehead atoms. The zero-order valence-electron chi connectivity index (χ0n) is 15.9. The standard InChI is InChI=1S/C17H30N6O2/c1-6-12-9-15(20-17(18-12)22(4)5)19-13-7-8-23(10-14(13)24)11-16(25)21(2)3/h9,13-14,24H,6-8,10-11H2,1-5H3,(H,18,19,20)/t13-,14-/m1/s1. The smallest absolute Gasteiger partial charge is 0.236 e. The van der Waals surface area contributed by atoms with Crippen molar-refractivity contribution in [3.8, 4) is 0 Å². The van der Waals surface area contributed by atoms with Gasteiger partial charge >= 0.3 is 0 Å². The molecule has 2 atom stereocenters. The zero-order valence-corrected chi connectivity index (χ0v) is 15.9. The number of amides is 1. The Kier molecular flexibility index (Phi) is 6.55. The second-order valence-corrected chi connectivity index (χ2v) is 6.92. The molecule has 2 heterocycles. The third-order valence-corrected chi connectivity index (χ3v) is 4.39. The van der Waals surface area contributed by atoms with Crippen LogP contribution in [0.1, 0.15) is 19.0 Å². The lowest BCUT2D eigenvalue weighted by atomic mass is 10.0. The fourth-order valence-electron chi connectivity index (χ4n) is 2.77. The van der Waals surface area contributed by atoms with Gasteiger partial charge in [0.25, 0.3) is 0 Å². The number of anilines is 2. The number of hydrogen-bond acceptors (Lipinski definition) is 7. The van der Waals surface area contributed by atoms with Crippen LogP contribution in [-0.4, -0.2) is 90.8 Å². The molecule has 2 rings (SSSR count). The molecule has 0 unspecified atom stereocenters. The molecule has 140 valence electrons. The van der Waals surface area contributed by atoms with Crippen LogP contribution in [0.2, 0.25) is 0 Å². The van der Waals surface area contributed by atoms with Crippen LogP contribution < -0.4 is 10.2 Å². The lowest BCUT2D eigenvalue weighted by Crippen LogP contribution is -2.52. The topological polar surface area (TPSA) is 84.8 Å². The van der Waals surface area contributed by atoms with E-state index in [1.165, 1.54) is 0 Å². The van der Waals surface area contributed by atoms with Crippen LogP contribution in [0.4, 0.5) is 11.8 Å². The first kappa shape index (κ1) is 19.4. The van der Waals surface area contributed by atoms with Gasteiger partial charge in [-0.15, -0.1) is 0 Å². The van der Waals surface area contributed by atoms with E-state index in [0.29, 0.717) is 19.0 Å². The second kappa shape index (κ2) is 8.44. The predicted octanol–water partition coefficient (Wildman–Crippen LogP) is 0.0403. The number of aromatic nitrogens is 2. The van der Waals surface area contributed by atoms with E-state index in [1.807, 2.05) is 30.0 Å². The van der Waals surface area contributed by atoms with Crippen LogP contribution in [0.25, 0.3) is 0 Å². The van der Waals surface area contributed by atoms with Crippen molar-refractivity contribution in [1.82, 2.24) is 19.8 Å². The molecule has 0 saturated carbocycles. The Bertz CT molecular complexity index is 593. The summed E-state index contributed by atoms with van der Waals surface area (Å²) in [5, 5.41) is 13.8. The van der Waals surface area contributed by atoms with Gasteiger partial charge in [-0.3, -0.25) is 9.69 Å². The second-order valence-electron chi connectivity index (χ2n) is 6.92. The molecule has 2 N–H and O–H groups in total. The maximum atomic E-state index is 11.8. The van der Waals surface area contributed by atoms with Gasteiger partial charge in [0, 0.05) is 53.0 Å². The van der Waals surface area contributed by atoms with E-state index < -0.39 is 6.10 Å². The number of piperidine rings is 1. The molecule has 8 heteroatoms. The minimum atomic E-state index is -0.549. The Balaban J connectivity index is 2.00. The largest absolute Gasteiger partial charge is 0.390 e. The number of aliphatic hydroxyl groups is 1. The number of aryl methyl sites for hydroxylation is 1. The fourth-order valence-corrected chi connectivity index (χ4v) is 2.77. The number of likely N-dealkylation sites (tertiary alicyclic amines) is 1. The third kappa shape index (κ3) is 5.27. The van der Waals surface area contributed by atoms with Crippen molar-refractivity contribution in [1.29, 1.82) is 0 Å². The molecule has 1 amide bonds. The van der Waals surface area contributed by atoms with Crippen molar-refractivity contribution in [3.63, 3.8) is 0 Å². The number of carbonyl (C=O) groups is 1. The van der Waals surface area contributed by atoms with Crippen molar-refractivity contribution in [3.05, 3.63) is 11.8 Å². The van der Waals surface area contributed by atoms with Gasteiger partial charge in [-0.05, 0) is 12.8 Å². The molecule has 1 aliphatic rings. The Hall–Kier alpha value is -1.93. The molecule has 0 radical (unpaired) electrons. The normalized spacial score (nSPS) is 21.0. The maximum Gasteiger partial charge on any atom is 0.236 e. The molecule has 0 aromatic carbocycles. The number of nitrogens with one attached hydrogen (secondary N) is 1. The minimum absolute atomic E-state index is 0.0534. The van der Waals surface area contributed by atoms with Gasteiger partial charge in [0.1, 0.15) is 5.82 Å². The number of likely N-dealkylation sites (N-methyl/N-ethyl adjacent to an activating group) is 1. The summed E-state index contributed by atoms with van der Waals surface area (Å²) in [6.07, 6.45) is 1.03. The van der Waals surface area contributed by atoms with E-state index in [1.54, 1.807) is 19.0 Å². The number of nitrogens with zero attached hydrogens (tertiary/aromatic N) is 5. The Labute approximate surface area is 149 Å². The predicted molar refractivity (Wildman–Crippen MR) is 98.9 cm³/mol. The number of β-amino-alcohol motifs (C(OH)–C–C–N with tert-alkyl or cyclic N) is 1. The molecule has 1 aromatic rings. The summed E-state index contributed by atoms with van der Waals surface area (Å²) >= 11 is 0. The number of hydrogen-bond donors (Lipinski definition) is 2. The van der Waals surface area contributed by atoms with E-state index in [4.69, 9.17) is 0 Å². The van der Waals surface area contributed by atoms with Gasteiger partial charge < -0.3 is 20.2 Å². The van der Waals surface area contributed by atoms with Gasteiger partial charge in [-0.2, -0.15) is 4.98 Å². The molecule has 1 fully saturated rings. The average Bonchev–Trinajstić information content (AvgIpc) is 2.56. The summed E-state index contributed by atoms with van der Waals surface area (Å²) in [6.45, 7) is 3.64. The maximum absolute atomic E-state index is 11.8. The highest BCUT2D eigenvalue weighted by Gasteiger charge is 2.29. The van der Waals surface area contributed by atoms with Crippen LogP contribution >= 0.6 is 0 Å². The molecular formula is C17H30N6O2. The van der Waals surface area contributed by atoms with Gasteiger partial charge in [-0.25, -0.2) is 4.98 Å². The minimum Gasteiger partial charge on any atom is -0.390 e. The molecule has 0 aliphatic carbocycles. The lowest BCUT2D eigenvalue weighted by Gasteiger charge is -2.36. The number of carbonyl (C=O) groups excluding carboxylic acids is 1. The van der Waals surface area contributed by atoms with Crippen LogP contribution in [0, 0.1) is 0 Å². The first-order chi connectivity index (χ1) is 11.8. The highest BCUT2D eigenvalue weighted by molar-refractivity contribution is 5.77. The first-order valence-electron chi connectivity index (χ1n) is 8.72. The Morgan fingerprint density at radius 1 is 1.36 bits per heavy atom. The van der Waals surface area contributed by atoms with Crippen LogP contribution in [0.3, 0.4) is 0 Å².